The lowest BCUT2D eigenvalue weighted by molar-refractivity contribution is -0.107. The van der Waals surface area contributed by atoms with Gasteiger partial charge in [0.1, 0.15) is 6.29 Å². The molecule has 3 aromatic carbocycles. The maximum atomic E-state index is 11.4. The molecule has 2 heteroatoms. The molecule has 0 heterocycles. The monoisotopic (exact) mass is 332 g/mol. The molecule has 0 amide bonds. The molecule has 0 aliphatic heterocycles. The molecular weight excluding hydrogens is 312 g/mol. The van der Waals surface area contributed by atoms with E-state index in [9.17, 15) is 4.79 Å². The van der Waals surface area contributed by atoms with Crippen LogP contribution in [0.15, 0.2) is 83.8 Å². The minimum absolute atomic E-state index is 0.0599. The average molecular weight is 332 g/mol. The summed E-state index contributed by atoms with van der Waals surface area (Å²) in [5.41, 5.74) is 4.84. The summed E-state index contributed by atoms with van der Waals surface area (Å²) in [6.07, 6.45) is 1.80. The molecule has 0 saturated carbocycles. The number of rotatable bonds is 6. The van der Waals surface area contributed by atoms with Crippen LogP contribution in [-0.4, -0.2) is 11.5 Å². The third-order valence-electron chi connectivity index (χ3n) is 3.96. The molecule has 1 nitrogen and oxygen atoms in total. The van der Waals surface area contributed by atoms with Crippen LogP contribution in [-0.2, 0) is 11.2 Å². The highest BCUT2D eigenvalue weighted by atomic mass is 32.2. The van der Waals surface area contributed by atoms with Crippen molar-refractivity contribution < 1.29 is 4.79 Å². The van der Waals surface area contributed by atoms with Crippen molar-refractivity contribution in [1.82, 2.24) is 0 Å². The second kappa shape index (κ2) is 7.98. The Bertz CT molecular complexity index is 776. The summed E-state index contributed by atoms with van der Waals surface area (Å²) in [7, 11) is 0. The van der Waals surface area contributed by atoms with Crippen LogP contribution in [0.1, 0.15) is 11.1 Å². The lowest BCUT2D eigenvalue weighted by Crippen LogP contribution is -2.08. The summed E-state index contributed by atoms with van der Waals surface area (Å²) in [5.74, 6) is 0. The molecule has 0 aliphatic rings. The fourth-order valence-corrected chi connectivity index (χ4v) is 3.58. The van der Waals surface area contributed by atoms with Gasteiger partial charge >= 0.3 is 0 Å². The second-order valence-electron chi connectivity index (χ2n) is 5.87. The molecule has 1 atom stereocenters. The standard InChI is InChI=1S/C22H20OS/c1-17-7-13-21(14-8-17)24-22(16-23)15-18-9-11-20(12-10-18)19-5-3-2-4-6-19/h2-14,16,22H,15H2,1H3. The number of hydrogen-bond donors (Lipinski definition) is 0. The van der Waals surface area contributed by atoms with Crippen LogP contribution in [0, 0.1) is 6.92 Å². The molecule has 0 saturated heterocycles. The number of carbonyl (C=O) groups is 1. The highest BCUT2D eigenvalue weighted by Gasteiger charge is 2.10. The Morgan fingerprint density at radius 2 is 1.46 bits per heavy atom. The van der Waals surface area contributed by atoms with Crippen LogP contribution in [0.5, 0.6) is 0 Å². The molecular formula is C22H20OS. The van der Waals surface area contributed by atoms with Crippen LogP contribution in [0.25, 0.3) is 11.1 Å². The van der Waals surface area contributed by atoms with Gasteiger partial charge in [-0.2, -0.15) is 0 Å². The average Bonchev–Trinajstić information content (AvgIpc) is 2.64. The van der Waals surface area contributed by atoms with Crippen LogP contribution in [0.3, 0.4) is 0 Å². The minimum Gasteiger partial charge on any atom is -0.302 e. The van der Waals surface area contributed by atoms with Crippen LogP contribution < -0.4 is 0 Å². The number of thioether (sulfide) groups is 1. The van der Waals surface area contributed by atoms with Gasteiger partial charge in [0.2, 0.25) is 0 Å². The third kappa shape index (κ3) is 4.36. The van der Waals surface area contributed by atoms with Crippen molar-refractivity contribution in [2.24, 2.45) is 0 Å². The Hall–Kier alpha value is -2.32. The van der Waals surface area contributed by atoms with Crippen LogP contribution in [0.2, 0.25) is 0 Å². The summed E-state index contributed by atoms with van der Waals surface area (Å²) in [5, 5.41) is -0.0599. The van der Waals surface area contributed by atoms with Crippen molar-refractivity contribution in [1.29, 1.82) is 0 Å². The molecule has 0 N–H and O–H groups in total. The van der Waals surface area contributed by atoms with E-state index in [0.29, 0.717) is 0 Å². The predicted octanol–water partition coefficient (Wildman–Crippen LogP) is 5.56. The maximum Gasteiger partial charge on any atom is 0.133 e. The van der Waals surface area contributed by atoms with E-state index in [2.05, 4.69) is 67.6 Å². The zero-order valence-corrected chi connectivity index (χ0v) is 14.5. The largest absolute Gasteiger partial charge is 0.302 e. The van der Waals surface area contributed by atoms with Gasteiger partial charge in [-0.1, -0.05) is 72.3 Å². The summed E-state index contributed by atoms with van der Waals surface area (Å²) < 4.78 is 0. The summed E-state index contributed by atoms with van der Waals surface area (Å²) in [4.78, 5) is 12.6. The fourth-order valence-electron chi connectivity index (χ4n) is 2.61. The first-order valence-corrected chi connectivity index (χ1v) is 8.95. The number of aryl methyl sites for hydroxylation is 1. The minimum atomic E-state index is -0.0599. The topological polar surface area (TPSA) is 17.1 Å². The molecule has 0 radical (unpaired) electrons. The van der Waals surface area contributed by atoms with Gasteiger partial charge in [0.25, 0.3) is 0 Å². The third-order valence-corrected chi connectivity index (χ3v) is 5.08. The molecule has 1 unspecified atom stereocenters. The van der Waals surface area contributed by atoms with Crippen molar-refractivity contribution in [3.63, 3.8) is 0 Å². The zero-order chi connectivity index (χ0) is 16.8. The van der Waals surface area contributed by atoms with Crippen molar-refractivity contribution >= 4 is 18.0 Å². The van der Waals surface area contributed by atoms with Gasteiger partial charge in [0.05, 0.1) is 5.25 Å². The molecule has 120 valence electrons. The highest BCUT2D eigenvalue weighted by molar-refractivity contribution is 8.00. The lowest BCUT2D eigenvalue weighted by Gasteiger charge is -2.11. The highest BCUT2D eigenvalue weighted by Crippen LogP contribution is 2.26. The molecule has 3 rings (SSSR count). The summed E-state index contributed by atoms with van der Waals surface area (Å²) >= 11 is 1.62. The number of aldehydes is 1. The van der Waals surface area contributed by atoms with E-state index in [1.54, 1.807) is 11.8 Å². The van der Waals surface area contributed by atoms with Gasteiger partial charge in [-0.3, -0.25) is 0 Å². The van der Waals surface area contributed by atoms with Crippen molar-refractivity contribution in [3.8, 4) is 11.1 Å². The van der Waals surface area contributed by atoms with E-state index in [-0.39, 0.29) is 5.25 Å². The van der Waals surface area contributed by atoms with E-state index in [1.807, 2.05) is 18.2 Å². The van der Waals surface area contributed by atoms with Gasteiger partial charge in [-0.15, -0.1) is 11.8 Å². The Balaban J connectivity index is 1.67. The first kappa shape index (κ1) is 16.5. The SMILES string of the molecule is Cc1ccc(SC(C=O)Cc2ccc(-c3ccccc3)cc2)cc1. The van der Waals surface area contributed by atoms with Crippen LogP contribution >= 0.6 is 11.8 Å². The predicted molar refractivity (Wildman–Crippen MR) is 102 cm³/mol. The summed E-state index contributed by atoms with van der Waals surface area (Å²) in [6.45, 7) is 2.07. The van der Waals surface area contributed by atoms with Gasteiger partial charge in [-0.05, 0) is 42.2 Å². The zero-order valence-electron chi connectivity index (χ0n) is 13.7. The maximum absolute atomic E-state index is 11.4. The lowest BCUT2D eigenvalue weighted by atomic mass is 10.0. The van der Waals surface area contributed by atoms with E-state index >= 15 is 0 Å². The molecule has 24 heavy (non-hydrogen) atoms. The Kier molecular flexibility index (Phi) is 5.50. The molecule has 0 bridgehead atoms. The van der Waals surface area contributed by atoms with E-state index < -0.39 is 0 Å². The molecule has 0 spiro atoms. The Labute approximate surface area is 147 Å². The molecule has 0 fully saturated rings. The van der Waals surface area contributed by atoms with Gasteiger partial charge < -0.3 is 4.79 Å². The first-order valence-electron chi connectivity index (χ1n) is 8.07. The molecule has 3 aromatic rings. The first-order chi connectivity index (χ1) is 11.7. The molecule has 0 aliphatic carbocycles. The van der Waals surface area contributed by atoms with E-state index in [1.165, 1.54) is 22.3 Å². The number of carbonyl (C=O) groups excluding carboxylic acids is 1. The van der Waals surface area contributed by atoms with Crippen molar-refractivity contribution in [3.05, 3.63) is 90.0 Å². The Morgan fingerprint density at radius 3 is 2.08 bits per heavy atom. The van der Waals surface area contributed by atoms with Gasteiger partial charge in [0.15, 0.2) is 0 Å². The van der Waals surface area contributed by atoms with Gasteiger partial charge in [0, 0.05) is 4.90 Å². The normalized spacial score (nSPS) is 11.9. The van der Waals surface area contributed by atoms with Crippen molar-refractivity contribution in [2.45, 2.75) is 23.5 Å². The van der Waals surface area contributed by atoms with Crippen molar-refractivity contribution in [2.75, 3.05) is 0 Å². The quantitative estimate of drug-likeness (QED) is 0.434. The molecule has 0 aromatic heterocycles. The smallest absolute Gasteiger partial charge is 0.133 e. The van der Waals surface area contributed by atoms with E-state index in [0.717, 1.165) is 17.6 Å². The number of benzene rings is 3. The Morgan fingerprint density at radius 1 is 0.833 bits per heavy atom. The number of hydrogen-bond acceptors (Lipinski definition) is 2. The van der Waals surface area contributed by atoms with E-state index in [4.69, 9.17) is 0 Å². The fraction of sp³-hybridized carbons (Fsp3) is 0.136. The second-order valence-corrected chi connectivity index (χ2v) is 7.19. The summed E-state index contributed by atoms with van der Waals surface area (Å²) in [6, 6.07) is 27.1. The van der Waals surface area contributed by atoms with Gasteiger partial charge in [-0.25, -0.2) is 0 Å². The van der Waals surface area contributed by atoms with Crippen LogP contribution in [0.4, 0.5) is 0 Å².